The number of halogens is 2. The Balaban J connectivity index is 1.49. The minimum absolute atomic E-state index is 0.0130. The van der Waals surface area contributed by atoms with Gasteiger partial charge in [-0.3, -0.25) is 9.69 Å². The van der Waals surface area contributed by atoms with Crippen LogP contribution in [0.3, 0.4) is 0 Å². The summed E-state index contributed by atoms with van der Waals surface area (Å²) in [6, 6.07) is 6.51. The van der Waals surface area contributed by atoms with E-state index in [2.05, 4.69) is 9.83 Å². The summed E-state index contributed by atoms with van der Waals surface area (Å²) < 4.78 is 26.9. The van der Waals surface area contributed by atoms with E-state index in [0.717, 1.165) is 12.1 Å². The number of carbonyl (C=O) groups is 1. The molecule has 162 valence electrons. The van der Waals surface area contributed by atoms with Gasteiger partial charge in [0.1, 0.15) is 11.4 Å². The van der Waals surface area contributed by atoms with Crippen LogP contribution in [0.15, 0.2) is 36.5 Å². The summed E-state index contributed by atoms with van der Waals surface area (Å²) in [5.74, 6) is -2.08. The summed E-state index contributed by atoms with van der Waals surface area (Å²) in [5, 5.41) is 20.6. The molecule has 0 spiro atoms. The fraction of sp³-hybridized carbons (Fsp3) is 0.435. The van der Waals surface area contributed by atoms with Gasteiger partial charge >= 0.3 is 5.54 Å². The molecule has 1 aliphatic heterocycles. The van der Waals surface area contributed by atoms with Crippen molar-refractivity contribution < 1.29 is 23.8 Å². The summed E-state index contributed by atoms with van der Waals surface area (Å²) in [6.07, 6.45) is 2.01. The van der Waals surface area contributed by atoms with E-state index in [0.29, 0.717) is 25.1 Å². The summed E-state index contributed by atoms with van der Waals surface area (Å²) in [7, 11) is 0. The highest BCUT2D eigenvalue weighted by Crippen LogP contribution is 2.58. The maximum atomic E-state index is 13.6. The molecular weight excluding hydrogens is 404 g/mol. The van der Waals surface area contributed by atoms with Crippen molar-refractivity contribution in [3.63, 3.8) is 0 Å². The van der Waals surface area contributed by atoms with Crippen molar-refractivity contribution in [3.05, 3.63) is 64.3 Å². The smallest absolute Gasteiger partial charge is 0.302 e. The summed E-state index contributed by atoms with van der Waals surface area (Å²) >= 11 is 0. The van der Waals surface area contributed by atoms with E-state index in [1.807, 2.05) is 11.8 Å². The molecular formula is C23H24F2N3O3+. The third-order valence-corrected chi connectivity index (χ3v) is 6.69. The van der Waals surface area contributed by atoms with Crippen LogP contribution in [0.25, 0.3) is 4.85 Å². The number of fused-ring (bicyclic) bond motifs is 1. The normalized spacial score (nSPS) is 30.2. The van der Waals surface area contributed by atoms with Crippen molar-refractivity contribution in [2.24, 2.45) is 5.41 Å². The number of carbonyl (C=O) groups excluding carboxylic acids is 1. The van der Waals surface area contributed by atoms with E-state index in [4.69, 9.17) is 6.57 Å². The molecule has 0 bridgehead atoms. The number of rotatable bonds is 5. The Bertz CT molecular complexity index is 1070. The summed E-state index contributed by atoms with van der Waals surface area (Å²) in [4.78, 5) is 22.7. The van der Waals surface area contributed by atoms with Gasteiger partial charge in [0.25, 0.3) is 6.57 Å². The Labute approximate surface area is 179 Å². The number of hydrogen-bond acceptors (Lipinski definition) is 5. The van der Waals surface area contributed by atoms with Crippen LogP contribution >= 0.6 is 0 Å². The lowest BCUT2D eigenvalue weighted by Crippen LogP contribution is -2.39. The zero-order chi connectivity index (χ0) is 22.4. The maximum Gasteiger partial charge on any atom is 0.302 e. The van der Waals surface area contributed by atoms with E-state index >= 15 is 0 Å². The molecule has 3 unspecified atom stereocenters. The van der Waals surface area contributed by atoms with E-state index in [9.17, 15) is 23.8 Å². The van der Waals surface area contributed by atoms with Crippen LogP contribution in [0.4, 0.5) is 8.78 Å². The van der Waals surface area contributed by atoms with Gasteiger partial charge < -0.3 is 10.2 Å². The van der Waals surface area contributed by atoms with Crippen LogP contribution in [0.2, 0.25) is 0 Å². The number of hydrogen-bond donors (Lipinski definition) is 2. The molecule has 31 heavy (non-hydrogen) atoms. The van der Waals surface area contributed by atoms with Gasteiger partial charge in [-0.1, -0.05) is 17.8 Å². The number of ketones is 1. The highest BCUT2D eigenvalue weighted by molar-refractivity contribution is 5.95. The Hall–Kier alpha value is -2.89. The predicted molar refractivity (Wildman–Crippen MR) is 110 cm³/mol. The molecule has 1 aromatic heterocycles. The second-order valence-electron chi connectivity index (χ2n) is 9.19. The monoisotopic (exact) mass is 428 g/mol. The van der Waals surface area contributed by atoms with E-state index in [1.165, 1.54) is 24.4 Å². The number of nitrogens with zero attached hydrogens (tertiary/aromatic N) is 3. The van der Waals surface area contributed by atoms with Gasteiger partial charge in [0.2, 0.25) is 0 Å². The third kappa shape index (κ3) is 3.80. The SMILES string of the molecule is C#[N+]C12CN(CC(=O)c3ccc(O)cn3)CC1(C)CC(O)(Cc1ccc(F)c(F)c1)C2. The van der Waals surface area contributed by atoms with Gasteiger partial charge in [0.15, 0.2) is 17.4 Å². The van der Waals surface area contributed by atoms with Crippen LogP contribution in [-0.4, -0.2) is 56.7 Å². The largest absolute Gasteiger partial charge is 0.506 e. The van der Waals surface area contributed by atoms with Gasteiger partial charge in [0.05, 0.1) is 36.7 Å². The first-order valence-electron chi connectivity index (χ1n) is 10.1. The number of aromatic hydroxyl groups is 1. The third-order valence-electron chi connectivity index (χ3n) is 6.69. The zero-order valence-corrected chi connectivity index (χ0v) is 17.2. The van der Waals surface area contributed by atoms with Crippen molar-refractivity contribution >= 4 is 5.78 Å². The van der Waals surface area contributed by atoms with Gasteiger partial charge in [0, 0.05) is 13.0 Å². The van der Waals surface area contributed by atoms with E-state index in [1.54, 1.807) is 0 Å². The van der Waals surface area contributed by atoms with Crippen LogP contribution in [0.1, 0.15) is 35.8 Å². The molecule has 2 fully saturated rings. The Morgan fingerprint density at radius 1 is 1.23 bits per heavy atom. The van der Waals surface area contributed by atoms with Crippen LogP contribution in [0.5, 0.6) is 5.75 Å². The molecule has 8 heteroatoms. The van der Waals surface area contributed by atoms with Crippen molar-refractivity contribution in [3.8, 4) is 12.3 Å². The highest BCUT2D eigenvalue weighted by atomic mass is 19.2. The lowest BCUT2D eigenvalue weighted by atomic mass is 9.77. The van der Waals surface area contributed by atoms with Crippen LogP contribution < -0.4 is 0 Å². The first-order valence-corrected chi connectivity index (χ1v) is 10.1. The topological polar surface area (TPSA) is 78.0 Å². The second-order valence-corrected chi connectivity index (χ2v) is 9.19. The lowest BCUT2D eigenvalue weighted by Gasteiger charge is -2.27. The first-order chi connectivity index (χ1) is 14.6. The average Bonchev–Trinajstić information content (AvgIpc) is 3.07. The number of benzene rings is 1. The van der Waals surface area contributed by atoms with Crippen molar-refractivity contribution in [1.29, 1.82) is 0 Å². The highest BCUT2D eigenvalue weighted by Gasteiger charge is 2.72. The first kappa shape index (κ1) is 21.3. The number of aliphatic hydroxyl groups is 1. The Kier molecular flexibility index (Phi) is 5.07. The molecule has 1 aliphatic carbocycles. The van der Waals surface area contributed by atoms with Gasteiger partial charge in [-0.05, 0) is 36.2 Å². The van der Waals surface area contributed by atoms with E-state index in [-0.39, 0.29) is 36.6 Å². The standard InChI is InChI=1S/C23H23F2N3O3/c1-21-11-22(31,8-15-3-5-17(24)18(25)7-15)12-23(21,26-2)14-28(13-21)10-20(30)19-6-4-16(29)9-27-19/h2-7,9,31H,8,10-14H2,1H3/p+1. The predicted octanol–water partition coefficient (Wildman–Crippen LogP) is 3.04. The molecule has 0 radical (unpaired) electrons. The summed E-state index contributed by atoms with van der Waals surface area (Å²) in [5.41, 5.74) is -1.66. The minimum atomic E-state index is -1.17. The van der Waals surface area contributed by atoms with Gasteiger partial charge in [-0.2, -0.15) is 0 Å². The fourth-order valence-corrected chi connectivity index (χ4v) is 5.42. The fourth-order valence-electron chi connectivity index (χ4n) is 5.42. The molecule has 2 aromatic rings. The van der Waals surface area contributed by atoms with Crippen molar-refractivity contribution in [1.82, 2.24) is 9.88 Å². The quantitative estimate of drug-likeness (QED) is 0.716. The molecule has 2 heterocycles. The van der Waals surface area contributed by atoms with Crippen LogP contribution in [-0.2, 0) is 6.42 Å². The summed E-state index contributed by atoms with van der Waals surface area (Å²) in [6.45, 7) is 8.82. The molecule has 0 amide bonds. The van der Waals surface area contributed by atoms with Crippen molar-refractivity contribution in [2.75, 3.05) is 19.6 Å². The molecule has 4 rings (SSSR count). The second kappa shape index (κ2) is 7.36. The molecule has 1 saturated heterocycles. The molecule has 1 saturated carbocycles. The maximum absolute atomic E-state index is 13.6. The number of pyridine rings is 1. The van der Waals surface area contributed by atoms with Gasteiger partial charge in [-0.25, -0.2) is 13.8 Å². The molecule has 2 aliphatic rings. The number of likely N-dealkylation sites (tertiary alicyclic amines) is 1. The minimum Gasteiger partial charge on any atom is -0.506 e. The van der Waals surface area contributed by atoms with Crippen LogP contribution in [0, 0.1) is 23.6 Å². The molecule has 3 atom stereocenters. The van der Waals surface area contributed by atoms with Crippen molar-refractivity contribution in [2.45, 2.75) is 37.3 Å². The number of aromatic nitrogens is 1. The van der Waals surface area contributed by atoms with Gasteiger partial charge in [-0.15, -0.1) is 0 Å². The molecule has 6 nitrogen and oxygen atoms in total. The molecule has 2 N–H and O–H groups in total. The zero-order valence-electron chi connectivity index (χ0n) is 17.2. The molecule has 1 aromatic carbocycles. The number of Topliss-reactive ketones (excluding diaryl/α,β-unsaturated/α-hetero) is 1. The average molecular weight is 428 g/mol. The Morgan fingerprint density at radius 2 is 2.00 bits per heavy atom. The lowest BCUT2D eigenvalue weighted by molar-refractivity contribution is 0.0290. The van der Waals surface area contributed by atoms with E-state index < -0.39 is 28.2 Å². The Morgan fingerprint density at radius 3 is 2.61 bits per heavy atom.